The molecule has 0 unspecified atom stereocenters. The van der Waals surface area contributed by atoms with Gasteiger partial charge in [0.25, 0.3) is 0 Å². The van der Waals surface area contributed by atoms with E-state index in [2.05, 4.69) is 38.2 Å². The Hall–Kier alpha value is -0.00857. The van der Waals surface area contributed by atoms with Crippen molar-refractivity contribution in [3.8, 4) is 0 Å². The van der Waals surface area contributed by atoms with Crippen LogP contribution in [0.3, 0.4) is 0 Å². The van der Waals surface area contributed by atoms with Gasteiger partial charge in [0.15, 0.2) is 0 Å². The van der Waals surface area contributed by atoms with Crippen LogP contribution in [0, 0.1) is 0 Å². The molecule has 212 valence electrons. The molecule has 0 N–H and O–H groups in total. The number of carbonyl (C=O) groups is 2. The molecular formula is C32H58BaO4. The van der Waals surface area contributed by atoms with Crippen LogP contribution < -0.4 is 10.2 Å². The summed E-state index contributed by atoms with van der Waals surface area (Å²) in [5.74, 6) is -1.83. The predicted octanol–water partition coefficient (Wildman–Crippen LogP) is 7.61. The molecule has 0 aromatic carbocycles. The second kappa shape index (κ2) is 38.1. The normalized spacial score (nSPS) is 10.9. The maximum absolute atomic E-state index is 10.2. The van der Waals surface area contributed by atoms with Crippen LogP contribution in [0.25, 0.3) is 0 Å². The van der Waals surface area contributed by atoms with Crippen LogP contribution in [0.4, 0.5) is 0 Å². The molecule has 0 aliphatic heterocycles. The minimum atomic E-state index is -0.916. The van der Waals surface area contributed by atoms with Crippen LogP contribution in [-0.2, 0) is 9.59 Å². The zero-order chi connectivity index (χ0) is 27.0. The van der Waals surface area contributed by atoms with E-state index in [4.69, 9.17) is 0 Å². The van der Waals surface area contributed by atoms with E-state index in [9.17, 15) is 19.8 Å². The van der Waals surface area contributed by atoms with Crippen LogP contribution in [0.1, 0.15) is 168 Å². The second-order valence-corrected chi connectivity index (χ2v) is 10.00. The Bertz CT molecular complexity index is 471. The first-order chi connectivity index (χ1) is 17.5. The summed E-state index contributed by atoms with van der Waals surface area (Å²) in [7, 11) is 0. The molecule has 0 atom stereocenters. The molecule has 0 spiro atoms. The topological polar surface area (TPSA) is 80.3 Å². The van der Waals surface area contributed by atoms with Gasteiger partial charge in [0.2, 0.25) is 0 Å². The van der Waals surface area contributed by atoms with E-state index in [0.717, 1.165) is 38.5 Å². The maximum atomic E-state index is 10.2. The first-order valence-electron chi connectivity index (χ1n) is 15.2. The van der Waals surface area contributed by atoms with E-state index >= 15 is 0 Å². The molecule has 4 nitrogen and oxygen atoms in total. The number of carbonyl (C=O) groups excluding carboxylic acids is 2. The molecule has 37 heavy (non-hydrogen) atoms. The number of allylic oxidation sites excluding steroid dienone is 4. The summed E-state index contributed by atoms with van der Waals surface area (Å²) in [5, 5.41) is 20.4. The van der Waals surface area contributed by atoms with Crippen molar-refractivity contribution in [2.75, 3.05) is 0 Å². The fraction of sp³-hybridized carbons (Fsp3) is 0.812. The second-order valence-electron chi connectivity index (χ2n) is 10.00. The number of rotatable bonds is 26. The average molecular weight is 644 g/mol. The van der Waals surface area contributed by atoms with Crippen molar-refractivity contribution in [1.82, 2.24) is 0 Å². The fourth-order valence-electron chi connectivity index (χ4n) is 3.97. The van der Waals surface area contributed by atoms with Gasteiger partial charge in [-0.1, -0.05) is 115 Å². The van der Waals surface area contributed by atoms with Crippen LogP contribution >= 0.6 is 0 Å². The number of aliphatic carboxylic acids is 2. The van der Waals surface area contributed by atoms with E-state index < -0.39 is 11.9 Å². The zero-order valence-electron chi connectivity index (χ0n) is 24.6. The Balaban J connectivity index is -0.000000608. The van der Waals surface area contributed by atoms with E-state index in [1.807, 2.05) is 0 Å². The van der Waals surface area contributed by atoms with Crippen LogP contribution in [-0.4, -0.2) is 60.8 Å². The monoisotopic (exact) mass is 644 g/mol. The summed E-state index contributed by atoms with van der Waals surface area (Å²) in [4.78, 5) is 20.4. The molecule has 0 aromatic rings. The minimum absolute atomic E-state index is 0. The molecule has 0 bridgehead atoms. The molecule has 0 aliphatic carbocycles. The predicted molar refractivity (Wildman–Crippen MR) is 156 cm³/mol. The summed E-state index contributed by atoms with van der Waals surface area (Å²) in [6.07, 6.45) is 36.0. The summed E-state index contributed by atoms with van der Waals surface area (Å²) in [6.45, 7) is 4.48. The third kappa shape index (κ3) is 46.2. The maximum Gasteiger partial charge on any atom is 2.00 e. The number of unbranched alkanes of at least 4 members (excludes halogenated alkanes) is 18. The molecule has 0 heterocycles. The van der Waals surface area contributed by atoms with E-state index in [1.165, 1.54) is 103 Å². The van der Waals surface area contributed by atoms with Gasteiger partial charge in [0.1, 0.15) is 0 Å². The van der Waals surface area contributed by atoms with Crippen molar-refractivity contribution in [3.63, 3.8) is 0 Å². The summed E-state index contributed by atoms with van der Waals surface area (Å²) in [6, 6.07) is 0. The Morgan fingerprint density at radius 1 is 0.432 bits per heavy atom. The average Bonchev–Trinajstić information content (AvgIpc) is 2.85. The number of hydrogen-bond donors (Lipinski definition) is 0. The van der Waals surface area contributed by atoms with Gasteiger partial charge in [-0.05, 0) is 77.0 Å². The smallest absolute Gasteiger partial charge is 0.550 e. The van der Waals surface area contributed by atoms with Crippen LogP contribution in [0.2, 0.25) is 0 Å². The van der Waals surface area contributed by atoms with E-state index in [1.54, 1.807) is 0 Å². The Morgan fingerprint density at radius 2 is 0.676 bits per heavy atom. The molecule has 0 radical (unpaired) electrons. The first-order valence-corrected chi connectivity index (χ1v) is 15.2. The third-order valence-corrected chi connectivity index (χ3v) is 6.29. The summed E-state index contributed by atoms with van der Waals surface area (Å²) < 4.78 is 0. The third-order valence-electron chi connectivity index (χ3n) is 6.29. The Labute approximate surface area is 270 Å². The fourth-order valence-corrected chi connectivity index (χ4v) is 3.97. The van der Waals surface area contributed by atoms with Crippen molar-refractivity contribution in [1.29, 1.82) is 0 Å². The molecule has 0 amide bonds. The van der Waals surface area contributed by atoms with Gasteiger partial charge in [-0.25, -0.2) is 0 Å². The number of hydrogen-bond acceptors (Lipinski definition) is 4. The van der Waals surface area contributed by atoms with Crippen LogP contribution in [0.5, 0.6) is 0 Å². The molecule has 0 saturated heterocycles. The minimum Gasteiger partial charge on any atom is -0.550 e. The number of carboxylic acid groups (broad SMARTS) is 2. The van der Waals surface area contributed by atoms with E-state index in [0.29, 0.717) is 0 Å². The Kier molecular flexibility index (Phi) is 42.8. The molecule has 0 aromatic heterocycles. The molecule has 0 aliphatic rings. The summed E-state index contributed by atoms with van der Waals surface area (Å²) >= 11 is 0. The van der Waals surface area contributed by atoms with Crippen molar-refractivity contribution in [2.24, 2.45) is 0 Å². The molecule has 5 heteroatoms. The standard InChI is InChI=1S/2C16H30O2.Ba/c2*1-2-3-4-5-6-7-8-9-10-11-12-13-14-15-16(17)18;/h2*7-8H,2-6,9-15H2,1H3,(H,17,18);/q;;+2/p-2. The largest absolute Gasteiger partial charge is 2.00 e. The van der Waals surface area contributed by atoms with Crippen molar-refractivity contribution >= 4 is 60.8 Å². The van der Waals surface area contributed by atoms with Crippen molar-refractivity contribution in [3.05, 3.63) is 24.3 Å². The van der Waals surface area contributed by atoms with Gasteiger partial charge < -0.3 is 19.8 Å². The SMILES string of the molecule is CCCCCCC=CCCCCCCCC(=O)[O-].CCCCCCC=CCCCCCCCC(=O)[O-].[Ba+2]. The quantitative estimate of drug-likeness (QED) is 0.0552. The van der Waals surface area contributed by atoms with E-state index in [-0.39, 0.29) is 61.7 Å². The van der Waals surface area contributed by atoms with Gasteiger partial charge in [0.05, 0.1) is 0 Å². The van der Waals surface area contributed by atoms with Gasteiger partial charge in [-0.15, -0.1) is 0 Å². The number of carboxylic acids is 2. The van der Waals surface area contributed by atoms with Gasteiger partial charge in [-0.3, -0.25) is 0 Å². The van der Waals surface area contributed by atoms with Gasteiger partial charge >= 0.3 is 48.9 Å². The molecule has 0 rings (SSSR count). The molecular weight excluding hydrogens is 586 g/mol. The van der Waals surface area contributed by atoms with Crippen LogP contribution in [0.15, 0.2) is 24.3 Å². The summed E-state index contributed by atoms with van der Waals surface area (Å²) in [5.41, 5.74) is 0. The van der Waals surface area contributed by atoms with Gasteiger partial charge in [0, 0.05) is 11.9 Å². The van der Waals surface area contributed by atoms with Crippen molar-refractivity contribution in [2.45, 2.75) is 168 Å². The van der Waals surface area contributed by atoms with Gasteiger partial charge in [-0.2, -0.15) is 0 Å². The Morgan fingerprint density at radius 3 is 0.946 bits per heavy atom. The zero-order valence-corrected chi connectivity index (χ0v) is 29.1. The molecule has 0 fully saturated rings. The van der Waals surface area contributed by atoms with Crippen molar-refractivity contribution < 1.29 is 19.8 Å². The molecule has 0 saturated carbocycles. The first kappa shape index (κ1) is 41.5.